The lowest BCUT2D eigenvalue weighted by atomic mass is 10.0. The number of unbranched alkanes of at least 4 members (excludes halogenated alkanes) is 9. The summed E-state index contributed by atoms with van der Waals surface area (Å²) in [6, 6.07) is 8.78. The Morgan fingerprint density at radius 2 is 1.30 bits per heavy atom. The first kappa shape index (κ1) is 26.6. The van der Waals surface area contributed by atoms with E-state index in [0.29, 0.717) is 0 Å². The van der Waals surface area contributed by atoms with E-state index in [-0.39, 0.29) is 0 Å². The summed E-state index contributed by atoms with van der Waals surface area (Å²) in [6.07, 6.45) is 15.5. The molecule has 0 saturated carbocycles. The number of alkyl halides is 3. The van der Waals surface area contributed by atoms with Crippen LogP contribution < -0.4 is 0 Å². The van der Waals surface area contributed by atoms with Gasteiger partial charge in [0.05, 0.1) is 0 Å². The molecule has 0 fully saturated rings. The summed E-state index contributed by atoms with van der Waals surface area (Å²) < 4.78 is 60.3. The molecular formula is C19H29F3IO3S-. The molecule has 0 saturated heterocycles. The Kier molecular flexibility index (Phi) is 14.4. The fourth-order valence-electron chi connectivity index (χ4n) is 2.50. The van der Waals surface area contributed by atoms with Crippen LogP contribution >= 0.6 is 22.6 Å². The molecule has 0 heterocycles. The summed E-state index contributed by atoms with van der Waals surface area (Å²) >= 11 is 2.45. The molecule has 0 spiro atoms. The van der Waals surface area contributed by atoms with E-state index in [1.54, 1.807) is 0 Å². The van der Waals surface area contributed by atoms with Gasteiger partial charge in [0.25, 0.3) is 0 Å². The first-order valence-corrected chi connectivity index (χ1v) is 11.8. The van der Waals surface area contributed by atoms with Crippen LogP contribution in [0, 0.1) is 3.57 Å². The SMILES string of the molecule is CCCCCCCCCCCCc1ccccc1I.O=S(=O)([O-])C(F)(F)F. The Morgan fingerprint density at radius 3 is 1.70 bits per heavy atom. The van der Waals surface area contributed by atoms with Gasteiger partial charge in [-0.25, -0.2) is 8.42 Å². The van der Waals surface area contributed by atoms with Crippen molar-refractivity contribution in [3.8, 4) is 0 Å². The second-order valence-corrected chi connectivity index (χ2v) is 8.96. The van der Waals surface area contributed by atoms with E-state index < -0.39 is 15.6 Å². The standard InChI is InChI=1S/C18H29I.CHF3O3S/c1-2-3-4-5-6-7-8-9-10-11-14-17-15-12-13-16-18(17)19;2-1(3,4)8(5,6)7/h12-13,15-16H,2-11,14H2,1H3;(H,5,6,7)/p-1. The number of benzene rings is 1. The van der Waals surface area contributed by atoms with Gasteiger partial charge in [0, 0.05) is 3.57 Å². The van der Waals surface area contributed by atoms with E-state index >= 15 is 0 Å². The lowest BCUT2D eigenvalue weighted by molar-refractivity contribution is -0.0517. The molecular weight excluding hydrogens is 492 g/mol. The predicted octanol–water partition coefficient (Wildman–Crippen LogP) is 6.81. The third kappa shape index (κ3) is 14.3. The van der Waals surface area contributed by atoms with Gasteiger partial charge in [-0.15, -0.1) is 0 Å². The van der Waals surface area contributed by atoms with Crippen molar-refractivity contribution in [3.63, 3.8) is 0 Å². The van der Waals surface area contributed by atoms with Crippen LogP contribution in [0.1, 0.15) is 76.7 Å². The summed E-state index contributed by atoms with van der Waals surface area (Å²) in [6.45, 7) is 2.29. The minimum atomic E-state index is -6.09. The van der Waals surface area contributed by atoms with Crippen LogP contribution in [0.4, 0.5) is 13.2 Å². The maximum atomic E-state index is 10.7. The van der Waals surface area contributed by atoms with Crippen molar-refractivity contribution >= 4 is 32.7 Å². The smallest absolute Gasteiger partial charge is 0.485 e. The number of halogens is 4. The van der Waals surface area contributed by atoms with Crippen LogP contribution in [0.15, 0.2) is 24.3 Å². The van der Waals surface area contributed by atoms with Crippen LogP contribution in [0.3, 0.4) is 0 Å². The van der Waals surface area contributed by atoms with Crippen LogP contribution in [-0.4, -0.2) is 18.5 Å². The molecule has 158 valence electrons. The van der Waals surface area contributed by atoms with Gasteiger partial charge in [-0.05, 0) is 47.1 Å². The van der Waals surface area contributed by atoms with Crippen molar-refractivity contribution in [1.29, 1.82) is 0 Å². The summed E-state index contributed by atoms with van der Waals surface area (Å²) in [5.74, 6) is 0. The van der Waals surface area contributed by atoms with Crippen LogP contribution in [0.25, 0.3) is 0 Å². The molecule has 0 amide bonds. The van der Waals surface area contributed by atoms with Gasteiger partial charge in [-0.3, -0.25) is 0 Å². The Hall–Kier alpha value is -0.350. The number of hydrogen-bond donors (Lipinski definition) is 0. The Labute approximate surface area is 175 Å². The zero-order chi connectivity index (χ0) is 20.8. The highest BCUT2D eigenvalue weighted by molar-refractivity contribution is 14.1. The number of rotatable bonds is 11. The Morgan fingerprint density at radius 1 is 0.889 bits per heavy atom. The molecule has 0 aromatic heterocycles. The maximum absolute atomic E-state index is 10.7. The topological polar surface area (TPSA) is 57.2 Å². The first-order chi connectivity index (χ1) is 12.6. The van der Waals surface area contributed by atoms with Crippen molar-refractivity contribution in [2.24, 2.45) is 0 Å². The van der Waals surface area contributed by atoms with Crippen molar-refractivity contribution in [3.05, 3.63) is 33.4 Å². The van der Waals surface area contributed by atoms with E-state index in [2.05, 4.69) is 53.8 Å². The second-order valence-electron chi connectivity index (χ2n) is 6.42. The molecule has 0 aliphatic carbocycles. The molecule has 0 unspecified atom stereocenters. The Bertz CT molecular complexity index is 604. The second kappa shape index (κ2) is 14.6. The molecule has 27 heavy (non-hydrogen) atoms. The fourth-order valence-corrected chi connectivity index (χ4v) is 3.16. The summed E-state index contributed by atoms with van der Waals surface area (Å²) in [4.78, 5) is 0. The number of aryl methyl sites for hydroxylation is 1. The lowest BCUT2D eigenvalue weighted by Crippen LogP contribution is -2.21. The zero-order valence-electron chi connectivity index (χ0n) is 15.7. The molecule has 0 aliphatic rings. The molecule has 3 nitrogen and oxygen atoms in total. The minimum absolute atomic E-state index is 1.26. The van der Waals surface area contributed by atoms with E-state index in [1.165, 1.54) is 79.8 Å². The minimum Gasteiger partial charge on any atom is -0.741 e. The molecule has 0 atom stereocenters. The van der Waals surface area contributed by atoms with Gasteiger partial charge in [0.15, 0.2) is 10.1 Å². The van der Waals surface area contributed by atoms with E-state index in [1.807, 2.05) is 0 Å². The van der Waals surface area contributed by atoms with E-state index in [9.17, 15) is 13.2 Å². The molecule has 1 aromatic carbocycles. The van der Waals surface area contributed by atoms with Crippen LogP contribution in [0.2, 0.25) is 0 Å². The monoisotopic (exact) mass is 521 g/mol. The van der Waals surface area contributed by atoms with Crippen LogP contribution in [0.5, 0.6) is 0 Å². The third-order valence-corrected chi connectivity index (χ3v) is 5.66. The number of hydrogen-bond acceptors (Lipinski definition) is 3. The molecule has 0 bridgehead atoms. The highest BCUT2D eigenvalue weighted by atomic mass is 127. The molecule has 0 aliphatic heterocycles. The molecule has 1 rings (SSSR count). The van der Waals surface area contributed by atoms with Crippen molar-refractivity contribution < 1.29 is 26.1 Å². The predicted molar refractivity (Wildman–Crippen MR) is 110 cm³/mol. The maximum Gasteiger partial charge on any atom is 0.485 e. The van der Waals surface area contributed by atoms with Gasteiger partial charge in [0.2, 0.25) is 0 Å². The van der Waals surface area contributed by atoms with Gasteiger partial charge >= 0.3 is 5.51 Å². The first-order valence-electron chi connectivity index (χ1n) is 9.35. The zero-order valence-corrected chi connectivity index (χ0v) is 18.7. The molecule has 0 N–H and O–H groups in total. The fraction of sp³-hybridized carbons (Fsp3) is 0.684. The molecule has 1 aromatic rings. The molecule has 8 heteroatoms. The summed E-state index contributed by atoms with van der Waals surface area (Å²) in [7, 11) is -6.09. The van der Waals surface area contributed by atoms with E-state index in [0.717, 1.165) is 0 Å². The average Bonchev–Trinajstić information content (AvgIpc) is 2.57. The summed E-state index contributed by atoms with van der Waals surface area (Å²) in [5.41, 5.74) is -4.12. The van der Waals surface area contributed by atoms with Crippen LogP contribution in [-0.2, 0) is 16.5 Å². The lowest BCUT2D eigenvalue weighted by Gasteiger charge is -2.08. The van der Waals surface area contributed by atoms with Crippen molar-refractivity contribution in [2.45, 2.75) is 83.1 Å². The average molecular weight is 521 g/mol. The largest absolute Gasteiger partial charge is 0.741 e. The third-order valence-electron chi connectivity index (χ3n) is 4.04. The van der Waals surface area contributed by atoms with Gasteiger partial charge in [-0.1, -0.05) is 82.9 Å². The van der Waals surface area contributed by atoms with Gasteiger partial charge in [0.1, 0.15) is 0 Å². The molecule has 0 radical (unpaired) electrons. The quantitative estimate of drug-likeness (QED) is 0.139. The van der Waals surface area contributed by atoms with Gasteiger partial charge < -0.3 is 4.55 Å². The Balaban J connectivity index is 0.000000713. The highest BCUT2D eigenvalue weighted by Gasteiger charge is 2.36. The van der Waals surface area contributed by atoms with Crippen molar-refractivity contribution in [1.82, 2.24) is 0 Å². The van der Waals surface area contributed by atoms with E-state index in [4.69, 9.17) is 13.0 Å². The highest BCUT2D eigenvalue weighted by Crippen LogP contribution is 2.20. The van der Waals surface area contributed by atoms with Gasteiger partial charge in [-0.2, -0.15) is 13.2 Å². The normalized spacial score (nSPS) is 11.8. The van der Waals surface area contributed by atoms with Crippen molar-refractivity contribution in [2.75, 3.05) is 0 Å². The summed E-state index contributed by atoms with van der Waals surface area (Å²) in [5, 5.41) is 0.